The second kappa shape index (κ2) is 8.16. The van der Waals surface area contributed by atoms with E-state index in [1.54, 1.807) is 24.3 Å². The zero-order valence-electron chi connectivity index (χ0n) is 18.1. The Balaban J connectivity index is 1.30. The van der Waals surface area contributed by atoms with Crippen molar-refractivity contribution in [1.82, 2.24) is 19.5 Å². The molecule has 5 aromatic rings. The number of aromatic nitrogens is 3. The third kappa shape index (κ3) is 3.67. The van der Waals surface area contributed by atoms with Gasteiger partial charge in [0.15, 0.2) is 0 Å². The lowest BCUT2D eigenvalue weighted by Crippen LogP contribution is -2.35. The van der Waals surface area contributed by atoms with Crippen LogP contribution in [0.5, 0.6) is 0 Å². The molecule has 0 aliphatic carbocycles. The second-order valence-electron chi connectivity index (χ2n) is 8.19. The van der Waals surface area contributed by atoms with Gasteiger partial charge in [0.1, 0.15) is 5.69 Å². The number of rotatable bonds is 4. The summed E-state index contributed by atoms with van der Waals surface area (Å²) in [4.78, 5) is 4.79. The average Bonchev–Trinajstić information content (AvgIpc) is 3.39. The predicted molar refractivity (Wildman–Crippen MR) is 128 cm³/mol. The number of fused-ring (bicyclic) bond motifs is 2. The van der Waals surface area contributed by atoms with Gasteiger partial charge in [0, 0.05) is 24.0 Å². The third-order valence-electron chi connectivity index (χ3n) is 6.06. The molecule has 3 aromatic carbocycles. The zero-order chi connectivity index (χ0) is 23.1. The Morgan fingerprint density at radius 3 is 2.50 bits per heavy atom. The first-order chi connectivity index (χ1) is 16.6. The molecule has 168 valence electrons. The molecular formula is C26H20N4O3S. The topological polar surface area (TPSA) is 89.2 Å². The monoisotopic (exact) mass is 468 g/mol. The minimum absolute atomic E-state index is 0.202. The van der Waals surface area contributed by atoms with E-state index in [-0.39, 0.29) is 16.7 Å². The lowest BCUT2D eigenvalue weighted by molar-refractivity contribution is 0.391. The first-order valence-electron chi connectivity index (χ1n) is 10.9. The first-order valence-corrected chi connectivity index (χ1v) is 12.4. The SMILES string of the molecule is O=S(=O)(c1cccc(-c2nnc(-c3ccc4ccccc4n3)o2)c1)N1CCc2ccccc2C1. The number of hydrogen-bond donors (Lipinski definition) is 0. The van der Waals surface area contributed by atoms with Crippen LogP contribution in [0.15, 0.2) is 94.2 Å². The van der Waals surface area contributed by atoms with E-state index in [0.29, 0.717) is 30.8 Å². The van der Waals surface area contributed by atoms with Crippen molar-refractivity contribution in [3.8, 4) is 23.0 Å². The molecule has 0 N–H and O–H groups in total. The predicted octanol–water partition coefficient (Wildman–Crippen LogP) is 4.70. The molecule has 0 bridgehead atoms. The van der Waals surface area contributed by atoms with Crippen LogP contribution in [0.1, 0.15) is 11.1 Å². The Labute approximate surface area is 196 Å². The van der Waals surface area contributed by atoms with Crippen LogP contribution in [0, 0.1) is 0 Å². The van der Waals surface area contributed by atoms with Crippen LogP contribution in [-0.2, 0) is 23.0 Å². The molecule has 0 amide bonds. The van der Waals surface area contributed by atoms with Gasteiger partial charge in [0.2, 0.25) is 15.9 Å². The van der Waals surface area contributed by atoms with Gasteiger partial charge < -0.3 is 4.42 Å². The van der Waals surface area contributed by atoms with Gasteiger partial charge in [0.25, 0.3) is 5.89 Å². The Bertz CT molecular complexity index is 1630. The molecule has 0 saturated carbocycles. The van der Waals surface area contributed by atoms with E-state index >= 15 is 0 Å². The fourth-order valence-electron chi connectivity index (χ4n) is 4.24. The van der Waals surface area contributed by atoms with Gasteiger partial charge in [-0.2, -0.15) is 4.31 Å². The summed E-state index contributed by atoms with van der Waals surface area (Å²) in [6.07, 6.45) is 0.695. The number of sulfonamides is 1. The molecule has 6 rings (SSSR count). The lowest BCUT2D eigenvalue weighted by atomic mass is 10.0. The molecule has 0 fully saturated rings. The highest BCUT2D eigenvalue weighted by Gasteiger charge is 2.28. The van der Waals surface area contributed by atoms with Crippen molar-refractivity contribution >= 4 is 20.9 Å². The molecule has 8 heteroatoms. The average molecular weight is 469 g/mol. The number of para-hydroxylation sites is 1. The van der Waals surface area contributed by atoms with Crippen LogP contribution in [-0.4, -0.2) is 34.4 Å². The normalized spacial score (nSPS) is 14.2. The van der Waals surface area contributed by atoms with Crippen LogP contribution >= 0.6 is 0 Å². The fourth-order valence-corrected chi connectivity index (χ4v) is 5.71. The Morgan fingerprint density at radius 2 is 1.59 bits per heavy atom. The van der Waals surface area contributed by atoms with Gasteiger partial charge in [-0.25, -0.2) is 13.4 Å². The molecule has 7 nitrogen and oxygen atoms in total. The van der Waals surface area contributed by atoms with Crippen LogP contribution in [0.25, 0.3) is 33.9 Å². The molecule has 34 heavy (non-hydrogen) atoms. The lowest BCUT2D eigenvalue weighted by Gasteiger charge is -2.28. The molecule has 2 aromatic heterocycles. The minimum Gasteiger partial charge on any atom is -0.415 e. The summed E-state index contributed by atoms with van der Waals surface area (Å²) in [5.74, 6) is 0.521. The second-order valence-corrected chi connectivity index (χ2v) is 10.1. The van der Waals surface area contributed by atoms with Crippen molar-refractivity contribution in [3.05, 3.63) is 96.1 Å². The van der Waals surface area contributed by atoms with Crippen molar-refractivity contribution in [3.63, 3.8) is 0 Å². The van der Waals surface area contributed by atoms with Crippen molar-refractivity contribution in [2.24, 2.45) is 0 Å². The fraction of sp³-hybridized carbons (Fsp3) is 0.115. The van der Waals surface area contributed by atoms with E-state index in [1.807, 2.05) is 54.6 Å². The number of nitrogens with zero attached hydrogens (tertiary/aromatic N) is 4. The Hall–Kier alpha value is -3.88. The highest BCUT2D eigenvalue weighted by atomic mass is 32.2. The molecule has 3 heterocycles. The standard InChI is InChI=1S/C26H20N4O3S/c31-34(32,30-15-14-18-6-1-2-8-21(18)17-30)22-10-5-9-20(16-22)25-28-29-26(33-25)24-13-12-19-7-3-4-11-23(19)27-24/h1-13,16H,14-15,17H2. The molecule has 0 atom stereocenters. The quantitative estimate of drug-likeness (QED) is 0.380. The van der Waals surface area contributed by atoms with Gasteiger partial charge >= 0.3 is 0 Å². The third-order valence-corrected chi connectivity index (χ3v) is 7.90. The largest absolute Gasteiger partial charge is 0.415 e. The van der Waals surface area contributed by atoms with Crippen LogP contribution in [0.2, 0.25) is 0 Å². The Kier molecular flexibility index (Phi) is 4.97. The maximum Gasteiger partial charge on any atom is 0.266 e. The molecule has 0 saturated heterocycles. The summed E-state index contributed by atoms with van der Waals surface area (Å²) in [6, 6.07) is 26.2. The van der Waals surface area contributed by atoms with E-state index < -0.39 is 10.0 Å². The molecule has 0 unspecified atom stereocenters. The highest BCUT2D eigenvalue weighted by Crippen LogP contribution is 2.29. The summed E-state index contributed by atoms with van der Waals surface area (Å²) >= 11 is 0. The van der Waals surface area contributed by atoms with Crippen LogP contribution in [0.4, 0.5) is 0 Å². The Morgan fingerprint density at radius 1 is 0.794 bits per heavy atom. The van der Waals surface area contributed by atoms with Crippen molar-refractivity contribution in [1.29, 1.82) is 0 Å². The number of hydrogen-bond acceptors (Lipinski definition) is 6. The summed E-state index contributed by atoms with van der Waals surface area (Å²) in [6.45, 7) is 0.809. The maximum absolute atomic E-state index is 13.4. The number of benzene rings is 3. The maximum atomic E-state index is 13.4. The van der Waals surface area contributed by atoms with E-state index in [4.69, 9.17) is 4.42 Å². The summed E-state index contributed by atoms with van der Waals surface area (Å²) in [5.41, 5.74) is 4.17. The van der Waals surface area contributed by atoms with E-state index in [2.05, 4.69) is 21.2 Å². The van der Waals surface area contributed by atoms with Crippen molar-refractivity contribution in [2.45, 2.75) is 17.9 Å². The zero-order valence-corrected chi connectivity index (χ0v) is 18.9. The van der Waals surface area contributed by atoms with Crippen LogP contribution < -0.4 is 0 Å². The van der Waals surface area contributed by atoms with Gasteiger partial charge in [-0.05, 0) is 47.9 Å². The van der Waals surface area contributed by atoms with Gasteiger partial charge in [0.05, 0.1) is 10.4 Å². The smallest absolute Gasteiger partial charge is 0.266 e. The van der Waals surface area contributed by atoms with E-state index in [9.17, 15) is 8.42 Å². The molecule has 1 aliphatic rings. The number of pyridine rings is 1. The molecular weight excluding hydrogens is 448 g/mol. The van der Waals surface area contributed by atoms with Gasteiger partial charge in [-0.3, -0.25) is 0 Å². The van der Waals surface area contributed by atoms with Crippen LogP contribution in [0.3, 0.4) is 0 Å². The van der Waals surface area contributed by atoms with E-state index in [0.717, 1.165) is 16.5 Å². The summed E-state index contributed by atoms with van der Waals surface area (Å²) in [7, 11) is -3.67. The minimum atomic E-state index is -3.67. The highest BCUT2D eigenvalue weighted by molar-refractivity contribution is 7.89. The molecule has 1 aliphatic heterocycles. The summed E-state index contributed by atoms with van der Waals surface area (Å²) in [5, 5.41) is 9.30. The van der Waals surface area contributed by atoms with Crippen molar-refractivity contribution in [2.75, 3.05) is 6.54 Å². The van der Waals surface area contributed by atoms with E-state index in [1.165, 1.54) is 9.87 Å². The molecule has 0 spiro atoms. The first kappa shape index (κ1) is 20.7. The van der Waals surface area contributed by atoms with Crippen molar-refractivity contribution < 1.29 is 12.8 Å². The van der Waals surface area contributed by atoms with Gasteiger partial charge in [-0.15, -0.1) is 10.2 Å². The van der Waals surface area contributed by atoms with Gasteiger partial charge in [-0.1, -0.05) is 54.6 Å². The summed E-state index contributed by atoms with van der Waals surface area (Å²) < 4.78 is 34.2. The molecule has 0 radical (unpaired) electrons.